The molecule has 5 heterocycles. The van der Waals surface area contributed by atoms with Crippen molar-refractivity contribution >= 4 is 41.4 Å². The maximum Gasteiger partial charge on any atom is 0.509 e. The average Bonchev–Trinajstić information content (AvgIpc) is 3.89. The number of nitrogens with zero attached hydrogens (tertiary/aromatic N) is 5. The van der Waals surface area contributed by atoms with Crippen molar-refractivity contribution in [1.82, 2.24) is 30.1 Å². The van der Waals surface area contributed by atoms with Crippen molar-refractivity contribution in [3.8, 4) is 0 Å². The van der Waals surface area contributed by atoms with E-state index in [9.17, 15) is 24.6 Å². The smallest absolute Gasteiger partial charge is 0.458 e. The Kier molecular flexibility index (Phi) is 19.0. The third-order valence-corrected chi connectivity index (χ3v) is 16.0. The van der Waals surface area contributed by atoms with Crippen molar-refractivity contribution in [1.29, 1.82) is 0 Å². The van der Waals surface area contributed by atoms with Gasteiger partial charge in [0.1, 0.15) is 23.5 Å². The van der Waals surface area contributed by atoms with Gasteiger partial charge in [0.15, 0.2) is 30.4 Å². The number of carbonyl (C=O) groups is 3. The summed E-state index contributed by atoms with van der Waals surface area (Å²) in [5, 5.41) is 36.6. The Hall–Kier alpha value is -3.41. The molecule has 18 atom stereocenters. The number of fused-ring (bicyclic) bond motifs is 1. The summed E-state index contributed by atoms with van der Waals surface area (Å²) in [4.78, 5) is 45.1. The minimum absolute atomic E-state index is 0.00660. The largest absolute Gasteiger partial charge is 0.509 e. The van der Waals surface area contributed by atoms with Gasteiger partial charge >= 0.3 is 18.2 Å². The van der Waals surface area contributed by atoms with E-state index >= 15 is 0 Å². The fourth-order valence-electron chi connectivity index (χ4n) is 11.2. The zero-order valence-corrected chi connectivity index (χ0v) is 45.7. The van der Waals surface area contributed by atoms with Crippen LogP contribution in [0.25, 0.3) is 0 Å². The van der Waals surface area contributed by atoms with Crippen molar-refractivity contribution in [2.24, 2.45) is 17.8 Å². The number of ether oxygens (including phenoxy) is 9. The van der Waals surface area contributed by atoms with Gasteiger partial charge in [0.25, 0.3) is 0 Å². The molecule has 3 N–H and O–H groups in total. The van der Waals surface area contributed by atoms with Gasteiger partial charge in [-0.3, -0.25) is 9.69 Å². The first-order valence-corrected chi connectivity index (χ1v) is 25.8. The second-order valence-corrected chi connectivity index (χ2v) is 22.2. The van der Waals surface area contributed by atoms with E-state index in [2.05, 4.69) is 15.6 Å². The molecular weight excluding hydrogens is 979 g/mol. The molecule has 4 aliphatic heterocycles. The van der Waals surface area contributed by atoms with Crippen LogP contribution in [0.3, 0.4) is 0 Å². The van der Waals surface area contributed by atoms with Crippen LogP contribution in [0.15, 0.2) is 24.4 Å². The second-order valence-electron chi connectivity index (χ2n) is 21.4. The summed E-state index contributed by atoms with van der Waals surface area (Å²) in [5.41, 5.74) is -3.04. The summed E-state index contributed by atoms with van der Waals surface area (Å²) in [7, 11) is 7.16. The third kappa shape index (κ3) is 13.0. The molecule has 0 unspecified atom stereocenters. The summed E-state index contributed by atoms with van der Waals surface area (Å²) in [6.45, 7) is 18.8. The van der Waals surface area contributed by atoms with Crippen LogP contribution in [0.4, 0.5) is 9.59 Å². The summed E-state index contributed by atoms with van der Waals surface area (Å²) in [6, 6.07) is 4.51. The van der Waals surface area contributed by atoms with Crippen molar-refractivity contribution in [2.75, 3.05) is 34.8 Å². The molecule has 20 nitrogen and oxygen atoms in total. The van der Waals surface area contributed by atoms with Crippen LogP contribution >= 0.6 is 23.2 Å². The fraction of sp³-hybridized carbons (Fsp3) is 0.780. The Labute approximate surface area is 433 Å². The van der Waals surface area contributed by atoms with E-state index in [1.54, 1.807) is 63.7 Å². The third-order valence-electron chi connectivity index (χ3n) is 15.2. The van der Waals surface area contributed by atoms with Gasteiger partial charge < -0.3 is 63.1 Å². The number of halogens is 2. The van der Waals surface area contributed by atoms with Crippen molar-refractivity contribution < 1.29 is 67.2 Å². The molecule has 0 radical (unpaired) electrons. The van der Waals surface area contributed by atoms with Crippen molar-refractivity contribution in [3.63, 3.8) is 0 Å². The van der Waals surface area contributed by atoms with E-state index in [-0.39, 0.29) is 50.4 Å². The molecule has 0 spiro atoms. The van der Waals surface area contributed by atoms with Crippen LogP contribution in [-0.4, -0.2) is 178 Å². The van der Waals surface area contributed by atoms with Gasteiger partial charge in [-0.05, 0) is 107 Å². The van der Waals surface area contributed by atoms with E-state index in [0.29, 0.717) is 34.3 Å². The van der Waals surface area contributed by atoms with Gasteiger partial charge in [-0.1, -0.05) is 55.3 Å². The molecule has 0 saturated carbocycles. The van der Waals surface area contributed by atoms with Gasteiger partial charge in [0, 0.05) is 53.7 Å². The average molecular weight is 1060 g/mol. The Balaban J connectivity index is 1.28. The number of rotatable bonds is 12. The number of esters is 1. The Bertz CT molecular complexity index is 2150. The first kappa shape index (κ1) is 57.9. The molecule has 1 aromatic carbocycles. The fourth-order valence-corrected chi connectivity index (χ4v) is 11.7. The second kappa shape index (κ2) is 23.6. The van der Waals surface area contributed by atoms with Crippen LogP contribution < -0.4 is 5.32 Å². The lowest BCUT2D eigenvalue weighted by molar-refractivity contribution is -0.317. The van der Waals surface area contributed by atoms with Crippen LogP contribution in [0.2, 0.25) is 10.0 Å². The Morgan fingerprint density at radius 2 is 1.68 bits per heavy atom. The highest BCUT2D eigenvalue weighted by atomic mass is 35.5. The van der Waals surface area contributed by atoms with E-state index < -0.39 is 108 Å². The molecule has 0 bridgehead atoms. The molecule has 406 valence electrons. The van der Waals surface area contributed by atoms with Gasteiger partial charge in [-0.15, -0.1) is 5.10 Å². The first-order chi connectivity index (χ1) is 33.7. The predicted molar refractivity (Wildman–Crippen MR) is 264 cm³/mol. The lowest BCUT2D eigenvalue weighted by Crippen LogP contribution is -2.61. The Morgan fingerprint density at radius 1 is 1.00 bits per heavy atom. The molecule has 2 aromatic rings. The van der Waals surface area contributed by atoms with Crippen LogP contribution in [0.5, 0.6) is 0 Å². The molecule has 22 heteroatoms. The predicted octanol–water partition coefficient (Wildman–Crippen LogP) is 5.96. The highest BCUT2D eigenvalue weighted by Gasteiger charge is 2.58. The number of carbonyl (C=O) groups excluding carboxylic acids is 3. The number of hydrogen-bond donors (Lipinski definition) is 3. The lowest BCUT2D eigenvalue weighted by Gasteiger charge is -2.49. The summed E-state index contributed by atoms with van der Waals surface area (Å²) < 4.78 is 58.3. The zero-order valence-electron chi connectivity index (χ0n) is 44.2. The standard InChI is InChI=1S/C50H78Cl2N6O14/c1-15-37-50(10)42(71-47(62)72-50)30(6)57(13)23-26(2)20-48(8,63)41(69-45-39(59)36(56(11)12)19-27(3)65-45)28(4)40(29(5)44(60)67-37)68-38-21-49(9,64-14)43(31(7)66-38)70-46(61)53-22-32-24-58(55-54-32)25-33-34(51)17-16-18-35(33)52/h16-18,24,26-31,36-43,45,59,63H,15,19-23,25H2,1-14H3,(H,53,61)/t26-,27-,28+,29-,30-,31+,36+,37+,38+,39-,40-,41-,42+,43+,45+,48-,49-,50-/m1/s1. The van der Waals surface area contributed by atoms with E-state index in [0.717, 1.165) is 0 Å². The SMILES string of the molecule is CC[C@@H]1OC(=O)[C@H](C)[C@H](O[C@H]2C[C@@](C)(OC)[C@@H](OC(=O)NCc3cn(Cc4c(Cl)cccc4Cl)nn3)[C@H](C)O2)[C@H](C)[C@@H](O[C@@H]2O[C@H](C)C[C@H](N(C)C)[C@H]2O)[C@](C)(O)C[C@@H](C)CN(C)[C@H](C)[C@@H]2OC(=O)O[C@]12C. The molecule has 0 aliphatic carbocycles. The number of cyclic esters (lactones) is 1. The number of methoxy groups -OCH3 is 1. The lowest BCUT2D eigenvalue weighted by atomic mass is 9.77. The van der Waals surface area contributed by atoms with Crippen molar-refractivity contribution in [3.05, 3.63) is 45.7 Å². The normalized spacial score (nSPS) is 39.5. The van der Waals surface area contributed by atoms with Gasteiger partial charge in [-0.25, -0.2) is 14.3 Å². The van der Waals surface area contributed by atoms with Gasteiger partial charge in [-0.2, -0.15) is 0 Å². The molecule has 6 rings (SSSR count). The van der Waals surface area contributed by atoms with Gasteiger partial charge in [0.2, 0.25) is 0 Å². The number of alkyl carbamates (subject to hydrolysis) is 1. The molecule has 72 heavy (non-hydrogen) atoms. The number of aliphatic hydroxyl groups excluding tert-OH is 1. The highest BCUT2D eigenvalue weighted by molar-refractivity contribution is 6.36. The summed E-state index contributed by atoms with van der Waals surface area (Å²) in [6.07, 6.45) is -8.27. The quantitative estimate of drug-likeness (QED) is 0.165. The van der Waals surface area contributed by atoms with E-state index in [1.807, 2.05) is 65.6 Å². The summed E-state index contributed by atoms with van der Waals surface area (Å²) >= 11 is 12.7. The zero-order chi connectivity index (χ0) is 53.2. The monoisotopic (exact) mass is 1060 g/mol. The Morgan fingerprint density at radius 3 is 2.32 bits per heavy atom. The number of amides is 1. The van der Waals surface area contributed by atoms with Crippen LogP contribution in [0, 0.1) is 17.8 Å². The molecule has 4 aliphatic rings. The first-order valence-electron chi connectivity index (χ1n) is 25.0. The summed E-state index contributed by atoms with van der Waals surface area (Å²) in [5.74, 6) is -2.75. The maximum absolute atomic E-state index is 14.8. The van der Waals surface area contributed by atoms with Crippen LogP contribution in [-0.2, 0) is 60.5 Å². The topological polar surface area (TPSA) is 224 Å². The number of nitrogens with one attached hydrogen (secondary N) is 1. The van der Waals surface area contributed by atoms with Crippen LogP contribution in [0.1, 0.15) is 106 Å². The van der Waals surface area contributed by atoms with Gasteiger partial charge in [0.05, 0.1) is 55.2 Å². The van der Waals surface area contributed by atoms with E-state index in [4.69, 9.17) is 65.8 Å². The number of likely N-dealkylation sites (N-methyl/N-ethyl adjacent to an activating group) is 2. The van der Waals surface area contributed by atoms with Crippen molar-refractivity contribution in [2.45, 2.75) is 198 Å². The molecule has 4 saturated heterocycles. The minimum Gasteiger partial charge on any atom is -0.458 e. The number of aromatic nitrogens is 3. The molecule has 1 aromatic heterocycles. The molecule has 4 fully saturated rings. The number of benzene rings is 1. The number of aliphatic hydroxyl groups is 2. The minimum atomic E-state index is -1.62. The van der Waals surface area contributed by atoms with E-state index in [1.165, 1.54) is 7.11 Å². The highest BCUT2D eigenvalue weighted by Crippen LogP contribution is 2.42. The maximum atomic E-state index is 14.8. The number of hydrogen-bond acceptors (Lipinski definition) is 18. The molecule has 1 amide bonds. The molecular formula is C50H78Cl2N6O14.